The van der Waals surface area contributed by atoms with Gasteiger partial charge in [0.2, 0.25) is 5.91 Å². The van der Waals surface area contributed by atoms with E-state index in [-0.39, 0.29) is 11.9 Å². The topological polar surface area (TPSA) is 80.0 Å². The molecule has 1 aromatic rings. The number of nitrogens with two attached hydrogens (primary N) is 1. The molecule has 16 heavy (non-hydrogen) atoms. The molecule has 0 radical (unpaired) electrons. The Bertz CT molecular complexity index is 404. The highest BCUT2D eigenvalue weighted by Crippen LogP contribution is 2.19. The molecule has 0 spiro atoms. The third-order valence-electron chi connectivity index (χ3n) is 2.51. The van der Waals surface area contributed by atoms with E-state index in [2.05, 4.69) is 31.5 Å². The van der Waals surface area contributed by atoms with Gasteiger partial charge in [-0.05, 0) is 47.4 Å². The zero-order chi connectivity index (χ0) is 11.5. The number of hydrogen-bond acceptors (Lipinski definition) is 4. The van der Waals surface area contributed by atoms with Crippen molar-refractivity contribution in [3.05, 3.63) is 16.7 Å². The Labute approximate surface area is 102 Å². The summed E-state index contributed by atoms with van der Waals surface area (Å²) in [5.41, 5.74) is 6.19. The van der Waals surface area contributed by atoms with Crippen molar-refractivity contribution in [3.8, 4) is 0 Å². The number of amides is 1. The summed E-state index contributed by atoms with van der Waals surface area (Å²) < 4.78 is 0.649. The molecule has 6 heteroatoms. The number of carbonyl (C=O) groups excluding carboxylic acids is 1. The molecule has 4 N–H and O–H groups in total. The summed E-state index contributed by atoms with van der Waals surface area (Å²) in [6.07, 6.45) is 1.89. The van der Waals surface area contributed by atoms with E-state index in [1.165, 1.54) is 0 Å². The molecule has 1 aromatic heterocycles. The summed E-state index contributed by atoms with van der Waals surface area (Å²) in [4.78, 5) is 15.9. The molecule has 1 aliphatic rings. The second-order valence-electron chi connectivity index (χ2n) is 3.71. The third-order valence-corrected chi connectivity index (χ3v) is 2.95. The normalized spacial score (nSPS) is 19.7. The molecule has 86 valence electrons. The zero-order valence-corrected chi connectivity index (χ0v) is 10.3. The van der Waals surface area contributed by atoms with Gasteiger partial charge < -0.3 is 16.4 Å². The maximum atomic E-state index is 11.8. The van der Waals surface area contributed by atoms with Crippen LogP contribution in [0.3, 0.4) is 0 Å². The predicted molar refractivity (Wildman–Crippen MR) is 66.0 cm³/mol. The van der Waals surface area contributed by atoms with Gasteiger partial charge in [-0.1, -0.05) is 0 Å². The molecule has 0 aliphatic carbocycles. The monoisotopic (exact) mass is 284 g/mol. The second kappa shape index (κ2) is 4.80. The minimum atomic E-state index is -0.125. The fourth-order valence-corrected chi connectivity index (χ4v) is 1.97. The van der Waals surface area contributed by atoms with Gasteiger partial charge in [0.15, 0.2) is 5.82 Å². The van der Waals surface area contributed by atoms with Crippen LogP contribution in [-0.4, -0.2) is 23.5 Å². The Hall–Kier alpha value is -1.14. The average molecular weight is 285 g/mol. The van der Waals surface area contributed by atoms with Crippen LogP contribution in [0.25, 0.3) is 0 Å². The summed E-state index contributed by atoms with van der Waals surface area (Å²) in [7, 11) is 0. The van der Waals surface area contributed by atoms with Crippen molar-refractivity contribution in [2.45, 2.75) is 18.9 Å². The molecule has 0 aromatic carbocycles. The third kappa shape index (κ3) is 2.51. The molecule has 0 bridgehead atoms. The highest BCUT2D eigenvalue weighted by Gasteiger charge is 2.22. The van der Waals surface area contributed by atoms with Gasteiger partial charge >= 0.3 is 0 Å². The van der Waals surface area contributed by atoms with Gasteiger partial charge in [-0.25, -0.2) is 4.98 Å². The maximum absolute atomic E-state index is 11.8. The number of anilines is 2. The van der Waals surface area contributed by atoms with E-state index in [1.807, 2.05) is 0 Å². The van der Waals surface area contributed by atoms with Gasteiger partial charge in [-0.3, -0.25) is 4.79 Å². The lowest BCUT2D eigenvalue weighted by atomic mass is 10.2. The van der Waals surface area contributed by atoms with Crippen molar-refractivity contribution in [1.82, 2.24) is 10.3 Å². The van der Waals surface area contributed by atoms with Crippen LogP contribution in [0, 0.1) is 0 Å². The second-order valence-corrected chi connectivity index (χ2v) is 4.52. The van der Waals surface area contributed by atoms with E-state index in [9.17, 15) is 4.79 Å². The van der Waals surface area contributed by atoms with Crippen LogP contribution in [0.4, 0.5) is 11.5 Å². The average Bonchev–Trinajstić information content (AvgIpc) is 2.76. The van der Waals surface area contributed by atoms with Crippen LogP contribution in [0.5, 0.6) is 0 Å². The van der Waals surface area contributed by atoms with E-state index in [0.717, 1.165) is 19.4 Å². The van der Waals surface area contributed by atoms with Crippen LogP contribution in [0.2, 0.25) is 0 Å². The van der Waals surface area contributed by atoms with Crippen molar-refractivity contribution in [3.63, 3.8) is 0 Å². The molecular weight excluding hydrogens is 272 g/mol. The number of nitrogens with zero attached hydrogens (tertiary/aromatic N) is 1. The van der Waals surface area contributed by atoms with Crippen molar-refractivity contribution < 1.29 is 4.79 Å². The van der Waals surface area contributed by atoms with Crippen LogP contribution in [-0.2, 0) is 4.79 Å². The molecular formula is C10H13BrN4O. The Morgan fingerprint density at radius 3 is 3.12 bits per heavy atom. The molecule has 5 nitrogen and oxygen atoms in total. The van der Waals surface area contributed by atoms with Gasteiger partial charge in [0, 0.05) is 0 Å². The van der Waals surface area contributed by atoms with E-state index in [1.54, 1.807) is 12.1 Å². The lowest BCUT2D eigenvalue weighted by Gasteiger charge is -2.11. The van der Waals surface area contributed by atoms with E-state index in [0.29, 0.717) is 16.1 Å². The summed E-state index contributed by atoms with van der Waals surface area (Å²) in [6, 6.07) is 3.31. The SMILES string of the molecule is Nc1ccc(Br)nc1NC(=O)C1CCCN1. The van der Waals surface area contributed by atoms with Crippen molar-refractivity contribution >= 4 is 33.3 Å². The first-order chi connectivity index (χ1) is 7.66. The van der Waals surface area contributed by atoms with E-state index < -0.39 is 0 Å². The largest absolute Gasteiger partial charge is 0.396 e. The Balaban J connectivity index is 2.07. The Kier molecular flexibility index (Phi) is 3.40. The van der Waals surface area contributed by atoms with Crippen LogP contribution < -0.4 is 16.4 Å². The molecule has 1 atom stereocenters. The number of hydrogen-bond donors (Lipinski definition) is 3. The number of rotatable bonds is 2. The highest BCUT2D eigenvalue weighted by molar-refractivity contribution is 9.10. The van der Waals surface area contributed by atoms with Crippen LogP contribution >= 0.6 is 15.9 Å². The molecule has 1 amide bonds. The lowest BCUT2D eigenvalue weighted by molar-refractivity contribution is -0.117. The molecule has 2 heterocycles. The van der Waals surface area contributed by atoms with Crippen LogP contribution in [0.1, 0.15) is 12.8 Å². The van der Waals surface area contributed by atoms with Crippen molar-refractivity contribution in [2.75, 3.05) is 17.6 Å². The zero-order valence-electron chi connectivity index (χ0n) is 8.66. The minimum absolute atomic E-state index is 0.0743. The Morgan fingerprint density at radius 2 is 2.44 bits per heavy atom. The van der Waals surface area contributed by atoms with E-state index in [4.69, 9.17) is 5.73 Å². The number of aromatic nitrogens is 1. The summed E-state index contributed by atoms with van der Waals surface area (Å²) >= 11 is 3.24. The van der Waals surface area contributed by atoms with Crippen LogP contribution in [0.15, 0.2) is 16.7 Å². The number of pyridine rings is 1. The van der Waals surface area contributed by atoms with Gasteiger partial charge in [0.1, 0.15) is 4.60 Å². The quantitative estimate of drug-likeness (QED) is 0.711. The van der Waals surface area contributed by atoms with Crippen molar-refractivity contribution in [2.24, 2.45) is 0 Å². The standard InChI is InChI=1S/C10H13BrN4O/c11-8-4-3-6(12)9(14-8)15-10(16)7-2-1-5-13-7/h3-4,7,13H,1-2,5,12H2,(H,14,15,16). The first-order valence-corrected chi connectivity index (χ1v) is 5.92. The molecule has 1 unspecified atom stereocenters. The first kappa shape index (κ1) is 11.3. The first-order valence-electron chi connectivity index (χ1n) is 5.13. The van der Waals surface area contributed by atoms with Gasteiger partial charge in [-0.15, -0.1) is 0 Å². The number of carbonyl (C=O) groups is 1. The minimum Gasteiger partial charge on any atom is -0.396 e. The summed E-state index contributed by atoms with van der Waals surface area (Å²) in [5, 5.41) is 5.84. The number of nitrogen functional groups attached to an aromatic ring is 1. The maximum Gasteiger partial charge on any atom is 0.242 e. The van der Waals surface area contributed by atoms with E-state index >= 15 is 0 Å². The fraction of sp³-hybridized carbons (Fsp3) is 0.400. The molecule has 0 saturated carbocycles. The molecule has 1 saturated heterocycles. The summed E-state index contributed by atoms with van der Waals surface area (Å²) in [6.45, 7) is 0.888. The predicted octanol–water partition coefficient (Wildman–Crippen LogP) is 1.12. The van der Waals surface area contributed by atoms with Gasteiger partial charge in [0.05, 0.1) is 11.7 Å². The molecule has 2 rings (SSSR count). The Morgan fingerprint density at radius 1 is 1.62 bits per heavy atom. The number of halogens is 1. The smallest absolute Gasteiger partial charge is 0.242 e. The number of nitrogens with one attached hydrogen (secondary N) is 2. The highest BCUT2D eigenvalue weighted by atomic mass is 79.9. The summed E-state index contributed by atoms with van der Waals surface area (Å²) in [5.74, 6) is 0.336. The van der Waals surface area contributed by atoms with Gasteiger partial charge in [-0.2, -0.15) is 0 Å². The lowest BCUT2D eigenvalue weighted by Crippen LogP contribution is -2.35. The van der Waals surface area contributed by atoms with Crippen molar-refractivity contribution in [1.29, 1.82) is 0 Å². The molecule has 1 fully saturated rings. The fourth-order valence-electron chi connectivity index (χ4n) is 1.66. The molecule has 1 aliphatic heterocycles. The van der Waals surface area contributed by atoms with Gasteiger partial charge in [0.25, 0.3) is 0 Å².